The summed E-state index contributed by atoms with van der Waals surface area (Å²) in [4.78, 5) is 27.8. The van der Waals surface area contributed by atoms with E-state index < -0.39 is 28.9 Å². The molecule has 1 aromatic carbocycles. The van der Waals surface area contributed by atoms with Gasteiger partial charge in [-0.05, 0) is 44.5 Å². The summed E-state index contributed by atoms with van der Waals surface area (Å²) in [5.41, 5.74) is 1.33. The van der Waals surface area contributed by atoms with Crippen molar-refractivity contribution in [3.63, 3.8) is 0 Å². The van der Waals surface area contributed by atoms with Crippen LogP contribution in [0.5, 0.6) is 0 Å². The molecule has 0 aliphatic heterocycles. The van der Waals surface area contributed by atoms with Gasteiger partial charge in [0.1, 0.15) is 11.4 Å². The topological polar surface area (TPSA) is 75.6 Å². The van der Waals surface area contributed by atoms with E-state index in [-0.39, 0.29) is 0 Å². The van der Waals surface area contributed by atoms with E-state index in [4.69, 9.17) is 9.94 Å². The molecule has 5 nitrogen and oxygen atoms in total. The van der Waals surface area contributed by atoms with Crippen molar-refractivity contribution in [1.82, 2.24) is 5.48 Å². The van der Waals surface area contributed by atoms with Gasteiger partial charge in [0.15, 0.2) is 0 Å². The average Bonchev–Trinajstić information content (AvgIpc) is 2.34. The number of benzene rings is 1. The molecule has 1 amide bonds. The van der Waals surface area contributed by atoms with Crippen molar-refractivity contribution in [2.45, 2.75) is 26.4 Å². The molecule has 0 fully saturated rings. The van der Waals surface area contributed by atoms with Crippen molar-refractivity contribution < 1.29 is 23.9 Å². The maximum Gasteiger partial charge on any atom is 0.341 e. The third-order valence-corrected chi connectivity index (χ3v) is 2.11. The highest BCUT2D eigenvalue weighted by Crippen LogP contribution is 2.10. The fourth-order valence-electron chi connectivity index (χ4n) is 1.20. The SMILES string of the molecule is CC(C)(C)ONC(=O)/C(=C\c1ccc(F)cc1)C(=O)O. The van der Waals surface area contributed by atoms with Crippen molar-refractivity contribution in [1.29, 1.82) is 0 Å². The molecule has 0 spiro atoms. The Bertz CT molecular complexity index is 529. The molecule has 0 heterocycles. The smallest absolute Gasteiger partial charge is 0.341 e. The number of carboxylic acid groups (broad SMARTS) is 1. The second-order valence-electron chi connectivity index (χ2n) is 5.06. The zero-order chi connectivity index (χ0) is 15.3. The van der Waals surface area contributed by atoms with Gasteiger partial charge in [-0.2, -0.15) is 0 Å². The van der Waals surface area contributed by atoms with Gasteiger partial charge in [0, 0.05) is 0 Å². The average molecular weight is 281 g/mol. The monoisotopic (exact) mass is 281 g/mol. The molecule has 0 saturated heterocycles. The minimum Gasteiger partial charge on any atom is -0.477 e. The Hall–Kier alpha value is -2.21. The number of nitrogens with one attached hydrogen (secondary N) is 1. The molecule has 108 valence electrons. The summed E-state index contributed by atoms with van der Waals surface area (Å²) in [6, 6.07) is 5.09. The largest absolute Gasteiger partial charge is 0.477 e. The zero-order valence-corrected chi connectivity index (χ0v) is 11.4. The van der Waals surface area contributed by atoms with Gasteiger partial charge in [0.05, 0.1) is 5.60 Å². The molecular weight excluding hydrogens is 265 g/mol. The zero-order valence-electron chi connectivity index (χ0n) is 11.4. The van der Waals surface area contributed by atoms with Crippen molar-refractivity contribution in [2.24, 2.45) is 0 Å². The Balaban J connectivity index is 2.91. The van der Waals surface area contributed by atoms with Gasteiger partial charge in [-0.15, -0.1) is 0 Å². The minimum atomic E-state index is -1.40. The van der Waals surface area contributed by atoms with Gasteiger partial charge in [0.2, 0.25) is 0 Å². The lowest BCUT2D eigenvalue weighted by Crippen LogP contribution is -2.35. The van der Waals surface area contributed by atoms with Crippen molar-refractivity contribution >= 4 is 18.0 Å². The Morgan fingerprint density at radius 2 is 1.80 bits per heavy atom. The van der Waals surface area contributed by atoms with Gasteiger partial charge in [-0.1, -0.05) is 12.1 Å². The van der Waals surface area contributed by atoms with Gasteiger partial charge in [-0.25, -0.2) is 14.7 Å². The van der Waals surface area contributed by atoms with Crippen LogP contribution in [0.2, 0.25) is 0 Å². The standard InChI is InChI=1S/C14H16FNO4/c1-14(2,3)20-16-12(17)11(13(18)19)8-9-4-6-10(15)7-5-9/h4-8H,1-3H3,(H,16,17)(H,18,19)/b11-8+. The van der Waals surface area contributed by atoms with E-state index in [1.807, 2.05) is 0 Å². The van der Waals surface area contributed by atoms with Crippen LogP contribution in [0.3, 0.4) is 0 Å². The maximum atomic E-state index is 12.8. The highest BCUT2D eigenvalue weighted by atomic mass is 19.1. The van der Waals surface area contributed by atoms with E-state index in [9.17, 15) is 14.0 Å². The number of aliphatic carboxylic acids is 1. The van der Waals surface area contributed by atoms with Crippen molar-refractivity contribution in [3.8, 4) is 0 Å². The summed E-state index contributed by atoms with van der Waals surface area (Å²) < 4.78 is 12.8. The van der Waals surface area contributed by atoms with Crippen LogP contribution in [0.15, 0.2) is 29.8 Å². The molecule has 0 aromatic heterocycles. The van der Waals surface area contributed by atoms with Crippen LogP contribution in [-0.4, -0.2) is 22.6 Å². The molecule has 1 rings (SSSR count). The Morgan fingerprint density at radius 1 is 1.25 bits per heavy atom. The number of halogens is 1. The van der Waals surface area contributed by atoms with Crippen LogP contribution >= 0.6 is 0 Å². The second-order valence-corrected chi connectivity index (χ2v) is 5.06. The number of hydroxylamine groups is 1. The van der Waals surface area contributed by atoms with Crippen LogP contribution in [0.4, 0.5) is 4.39 Å². The molecule has 0 unspecified atom stereocenters. The molecule has 0 atom stereocenters. The predicted octanol–water partition coefficient (Wildman–Crippen LogP) is 2.14. The summed E-state index contributed by atoms with van der Waals surface area (Å²) >= 11 is 0. The Labute approximate surface area is 116 Å². The summed E-state index contributed by atoms with van der Waals surface area (Å²) in [6.07, 6.45) is 1.14. The highest BCUT2D eigenvalue weighted by Gasteiger charge is 2.20. The summed E-state index contributed by atoms with van der Waals surface area (Å²) in [5.74, 6) is -2.72. The first-order chi connectivity index (χ1) is 9.19. The van der Waals surface area contributed by atoms with E-state index in [1.165, 1.54) is 24.3 Å². The summed E-state index contributed by atoms with van der Waals surface area (Å²) in [7, 11) is 0. The van der Waals surface area contributed by atoms with Crippen LogP contribution in [0.1, 0.15) is 26.3 Å². The molecule has 20 heavy (non-hydrogen) atoms. The number of rotatable bonds is 4. The van der Waals surface area contributed by atoms with Crippen LogP contribution < -0.4 is 5.48 Å². The minimum absolute atomic E-state index is 0.398. The highest BCUT2D eigenvalue weighted by molar-refractivity contribution is 6.18. The first kappa shape index (κ1) is 15.8. The van der Waals surface area contributed by atoms with Gasteiger partial charge >= 0.3 is 5.97 Å². The lowest BCUT2D eigenvalue weighted by molar-refractivity contribution is -0.145. The number of carbonyl (C=O) groups is 2. The lowest BCUT2D eigenvalue weighted by Gasteiger charge is -2.18. The molecule has 1 aromatic rings. The molecular formula is C14H16FNO4. The van der Waals surface area contributed by atoms with E-state index in [0.717, 1.165) is 6.08 Å². The lowest BCUT2D eigenvalue weighted by atomic mass is 10.1. The third-order valence-electron chi connectivity index (χ3n) is 2.11. The first-order valence-electron chi connectivity index (χ1n) is 5.88. The molecule has 0 aliphatic carbocycles. The van der Waals surface area contributed by atoms with Gasteiger partial charge in [0.25, 0.3) is 5.91 Å². The summed E-state index contributed by atoms with van der Waals surface area (Å²) in [6.45, 7) is 5.12. The Morgan fingerprint density at radius 3 is 2.25 bits per heavy atom. The fraction of sp³-hybridized carbons (Fsp3) is 0.286. The molecule has 0 aliphatic rings. The maximum absolute atomic E-state index is 12.8. The molecule has 0 radical (unpaired) electrons. The first-order valence-corrected chi connectivity index (χ1v) is 5.88. The van der Waals surface area contributed by atoms with Crippen LogP contribution in [0.25, 0.3) is 6.08 Å². The summed E-state index contributed by atoms with van der Waals surface area (Å²) in [5, 5.41) is 9.03. The molecule has 2 N–H and O–H groups in total. The molecule has 0 bridgehead atoms. The fourth-order valence-corrected chi connectivity index (χ4v) is 1.20. The van der Waals surface area contributed by atoms with Crippen LogP contribution in [0, 0.1) is 5.82 Å². The van der Waals surface area contributed by atoms with E-state index in [0.29, 0.717) is 5.56 Å². The molecule has 6 heteroatoms. The van der Waals surface area contributed by atoms with Crippen molar-refractivity contribution in [3.05, 3.63) is 41.2 Å². The second kappa shape index (κ2) is 6.29. The number of amides is 1. The number of hydrogen-bond acceptors (Lipinski definition) is 3. The van der Waals surface area contributed by atoms with Crippen molar-refractivity contribution in [2.75, 3.05) is 0 Å². The van der Waals surface area contributed by atoms with E-state index >= 15 is 0 Å². The third kappa shape index (κ3) is 5.19. The van der Waals surface area contributed by atoms with E-state index in [2.05, 4.69) is 5.48 Å². The normalized spacial score (nSPS) is 12.1. The number of carbonyl (C=O) groups excluding carboxylic acids is 1. The number of hydrogen-bond donors (Lipinski definition) is 2. The van der Waals surface area contributed by atoms with Crippen LogP contribution in [-0.2, 0) is 14.4 Å². The quantitative estimate of drug-likeness (QED) is 0.384. The predicted molar refractivity (Wildman–Crippen MR) is 71.0 cm³/mol. The van der Waals surface area contributed by atoms with Gasteiger partial charge in [-0.3, -0.25) is 9.63 Å². The van der Waals surface area contributed by atoms with Gasteiger partial charge < -0.3 is 5.11 Å². The number of carboxylic acids is 1. The molecule has 0 saturated carbocycles. The van der Waals surface area contributed by atoms with E-state index in [1.54, 1.807) is 20.8 Å². The Kier molecular flexibility index (Phi) is 4.99.